The maximum Gasteiger partial charge on any atom is 0.410 e. The van der Waals surface area contributed by atoms with E-state index in [1.807, 2.05) is 65.8 Å². The smallest absolute Gasteiger partial charge is 0.410 e. The summed E-state index contributed by atoms with van der Waals surface area (Å²) in [6, 6.07) is 14.2. The highest BCUT2D eigenvalue weighted by atomic mass is 16.6. The second-order valence-electron chi connectivity index (χ2n) is 13.0. The van der Waals surface area contributed by atoms with E-state index in [0.29, 0.717) is 64.5 Å². The van der Waals surface area contributed by atoms with Gasteiger partial charge >= 0.3 is 24.1 Å². The van der Waals surface area contributed by atoms with Crippen molar-refractivity contribution in [2.24, 2.45) is 0 Å². The molecular weight excluding hydrogens is 592 g/mol. The third-order valence-electron chi connectivity index (χ3n) is 7.04. The lowest BCUT2D eigenvalue weighted by molar-refractivity contribution is 0.0230. The average Bonchev–Trinajstić information content (AvgIpc) is 3.00. The zero-order chi connectivity index (χ0) is 34.1. The Kier molecular flexibility index (Phi) is 12.3. The monoisotopic (exact) mass is 640 g/mol. The van der Waals surface area contributed by atoms with Gasteiger partial charge in [0.1, 0.15) is 11.2 Å². The van der Waals surface area contributed by atoms with Gasteiger partial charge in [0, 0.05) is 63.7 Å². The SMILES string of the molecule is CC(C)(C)OC(=O)N1CCN(c2cccc(C(=O)O)c2)CC1.CCOC(=O)c1cccc(N2CCN(C(=O)OC(C)(C)C)CC2)c1. The molecule has 0 bridgehead atoms. The first kappa shape index (κ1) is 36.0. The van der Waals surface area contributed by atoms with Crippen molar-refractivity contribution in [3.63, 3.8) is 0 Å². The summed E-state index contributed by atoms with van der Waals surface area (Å²) >= 11 is 0. The minimum Gasteiger partial charge on any atom is -0.478 e. The van der Waals surface area contributed by atoms with E-state index in [0.717, 1.165) is 11.4 Å². The summed E-state index contributed by atoms with van der Waals surface area (Å²) in [4.78, 5) is 54.6. The van der Waals surface area contributed by atoms with E-state index < -0.39 is 17.2 Å². The third kappa shape index (κ3) is 11.1. The van der Waals surface area contributed by atoms with E-state index in [1.165, 1.54) is 0 Å². The number of esters is 1. The van der Waals surface area contributed by atoms with Crippen molar-refractivity contribution < 1.29 is 38.5 Å². The highest BCUT2D eigenvalue weighted by Crippen LogP contribution is 2.21. The molecule has 252 valence electrons. The fourth-order valence-corrected chi connectivity index (χ4v) is 4.83. The normalized spacial score (nSPS) is 15.4. The number of amides is 2. The minimum absolute atomic E-state index is 0.270. The molecule has 2 saturated heterocycles. The number of carboxylic acid groups (broad SMARTS) is 1. The third-order valence-corrected chi connectivity index (χ3v) is 7.04. The molecule has 2 aromatic carbocycles. The van der Waals surface area contributed by atoms with Crippen LogP contribution in [0.25, 0.3) is 0 Å². The summed E-state index contributed by atoms with van der Waals surface area (Å²) in [5.74, 6) is -1.25. The van der Waals surface area contributed by atoms with Crippen molar-refractivity contribution in [1.29, 1.82) is 0 Å². The molecule has 0 saturated carbocycles. The first-order valence-electron chi connectivity index (χ1n) is 15.6. The van der Waals surface area contributed by atoms with Crippen LogP contribution in [0, 0.1) is 0 Å². The van der Waals surface area contributed by atoms with E-state index in [4.69, 9.17) is 19.3 Å². The van der Waals surface area contributed by atoms with E-state index in [2.05, 4.69) is 9.80 Å². The maximum absolute atomic E-state index is 12.1. The molecule has 4 rings (SSSR count). The highest BCUT2D eigenvalue weighted by molar-refractivity contribution is 5.90. The number of hydrogen-bond donors (Lipinski definition) is 1. The van der Waals surface area contributed by atoms with Gasteiger partial charge in [-0.1, -0.05) is 12.1 Å². The summed E-state index contributed by atoms with van der Waals surface area (Å²) in [5, 5.41) is 9.04. The van der Waals surface area contributed by atoms with Gasteiger partial charge in [-0.25, -0.2) is 19.2 Å². The largest absolute Gasteiger partial charge is 0.478 e. The molecule has 0 unspecified atom stereocenters. The topological polar surface area (TPSA) is 129 Å². The van der Waals surface area contributed by atoms with Crippen LogP contribution >= 0.6 is 0 Å². The number of carboxylic acids is 1. The van der Waals surface area contributed by atoms with Gasteiger partial charge in [-0.05, 0) is 84.9 Å². The lowest BCUT2D eigenvalue weighted by Gasteiger charge is -2.36. The van der Waals surface area contributed by atoms with E-state index in [1.54, 1.807) is 41.0 Å². The van der Waals surface area contributed by atoms with E-state index >= 15 is 0 Å². The number of nitrogens with zero attached hydrogens (tertiary/aromatic N) is 4. The van der Waals surface area contributed by atoms with Gasteiger partial charge in [-0.3, -0.25) is 0 Å². The van der Waals surface area contributed by atoms with Gasteiger partial charge in [-0.15, -0.1) is 0 Å². The average molecular weight is 641 g/mol. The number of anilines is 2. The summed E-state index contributed by atoms with van der Waals surface area (Å²) < 4.78 is 15.8. The molecule has 2 aliphatic rings. The molecule has 2 aliphatic heterocycles. The number of aromatic carboxylic acids is 1. The second kappa shape index (κ2) is 15.7. The lowest BCUT2D eigenvalue weighted by atomic mass is 10.1. The van der Waals surface area contributed by atoms with Crippen molar-refractivity contribution in [2.45, 2.75) is 59.7 Å². The zero-order valence-corrected chi connectivity index (χ0v) is 28.1. The van der Waals surface area contributed by atoms with Crippen LogP contribution in [-0.2, 0) is 14.2 Å². The van der Waals surface area contributed by atoms with Crippen LogP contribution in [0.1, 0.15) is 69.2 Å². The number of benzene rings is 2. The molecule has 0 aliphatic carbocycles. The number of carbonyl (C=O) groups excluding carboxylic acids is 3. The molecule has 46 heavy (non-hydrogen) atoms. The minimum atomic E-state index is -0.936. The number of rotatable bonds is 5. The Balaban J connectivity index is 0.000000251. The van der Waals surface area contributed by atoms with Crippen LogP contribution in [0.15, 0.2) is 48.5 Å². The van der Waals surface area contributed by atoms with Gasteiger partial charge in [-0.2, -0.15) is 0 Å². The molecule has 1 N–H and O–H groups in total. The van der Waals surface area contributed by atoms with Crippen LogP contribution in [-0.4, -0.2) is 109 Å². The maximum atomic E-state index is 12.1. The number of hydrogen-bond acceptors (Lipinski definition) is 9. The molecule has 12 nitrogen and oxygen atoms in total. The van der Waals surface area contributed by atoms with Crippen molar-refractivity contribution in [3.05, 3.63) is 59.7 Å². The molecule has 0 aromatic heterocycles. The Morgan fingerprint density at radius 1 is 0.652 bits per heavy atom. The number of ether oxygens (including phenoxy) is 3. The molecular formula is C34H48N4O8. The Hall–Kier alpha value is -4.48. The molecule has 0 atom stereocenters. The van der Waals surface area contributed by atoms with Crippen LogP contribution in [0.2, 0.25) is 0 Å². The Labute approximate surface area is 271 Å². The van der Waals surface area contributed by atoms with Crippen molar-refractivity contribution in [3.8, 4) is 0 Å². The van der Waals surface area contributed by atoms with E-state index in [-0.39, 0.29) is 23.7 Å². The Morgan fingerprint density at radius 2 is 1.04 bits per heavy atom. The fraction of sp³-hybridized carbons (Fsp3) is 0.529. The lowest BCUT2D eigenvalue weighted by Crippen LogP contribution is -2.50. The predicted octanol–water partition coefficient (Wildman–Crippen LogP) is 5.36. The van der Waals surface area contributed by atoms with Crippen molar-refractivity contribution >= 4 is 35.5 Å². The molecule has 2 aromatic rings. The fourth-order valence-electron chi connectivity index (χ4n) is 4.83. The van der Waals surface area contributed by atoms with Crippen molar-refractivity contribution in [1.82, 2.24) is 9.80 Å². The summed E-state index contributed by atoms with van der Waals surface area (Å²) in [6.45, 7) is 18.3. The quantitative estimate of drug-likeness (QED) is 0.337. The molecule has 2 fully saturated rings. The van der Waals surface area contributed by atoms with Gasteiger partial charge < -0.3 is 38.9 Å². The van der Waals surface area contributed by atoms with Crippen LogP contribution in [0.3, 0.4) is 0 Å². The first-order valence-corrected chi connectivity index (χ1v) is 15.6. The number of piperazine rings is 2. The predicted molar refractivity (Wildman–Crippen MR) is 176 cm³/mol. The Morgan fingerprint density at radius 3 is 1.41 bits per heavy atom. The molecule has 12 heteroatoms. The van der Waals surface area contributed by atoms with Crippen molar-refractivity contribution in [2.75, 3.05) is 68.8 Å². The highest BCUT2D eigenvalue weighted by Gasteiger charge is 2.27. The van der Waals surface area contributed by atoms with Gasteiger partial charge in [0.25, 0.3) is 0 Å². The summed E-state index contributed by atoms with van der Waals surface area (Å²) in [7, 11) is 0. The first-order chi connectivity index (χ1) is 21.6. The van der Waals surface area contributed by atoms with Gasteiger partial charge in [0.05, 0.1) is 17.7 Å². The summed E-state index contributed by atoms with van der Waals surface area (Å²) in [6.07, 6.45) is -0.575. The van der Waals surface area contributed by atoms with Crippen LogP contribution in [0.5, 0.6) is 0 Å². The molecule has 0 radical (unpaired) electrons. The standard InChI is InChI=1S/C18H26N2O4.C16H22N2O4/c1-5-23-16(21)14-7-6-8-15(13-14)19-9-11-20(12-10-19)17(22)24-18(2,3)4;1-16(2,3)22-15(21)18-9-7-17(8-10-18)13-6-4-5-12(11-13)14(19)20/h6-8,13H,5,9-12H2,1-4H3;4-6,11H,7-10H2,1-3H3,(H,19,20). The number of carbonyl (C=O) groups is 4. The second-order valence-corrected chi connectivity index (χ2v) is 13.0. The van der Waals surface area contributed by atoms with Gasteiger partial charge in [0.2, 0.25) is 0 Å². The van der Waals surface area contributed by atoms with E-state index in [9.17, 15) is 19.2 Å². The molecule has 2 heterocycles. The zero-order valence-electron chi connectivity index (χ0n) is 28.1. The molecule has 2 amide bonds. The van der Waals surface area contributed by atoms with Crippen LogP contribution < -0.4 is 9.80 Å². The van der Waals surface area contributed by atoms with Crippen LogP contribution in [0.4, 0.5) is 21.0 Å². The Bertz CT molecular complexity index is 1350. The molecule has 0 spiro atoms. The summed E-state index contributed by atoms with van der Waals surface area (Å²) in [5.41, 5.74) is 1.66. The van der Waals surface area contributed by atoms with Gasteiger partial charge in [0.15, 0.2) is 0 Å².